The lowest BCUT2D eigenvalue weighted by molar-refractivity contribution is 0.0786. The third-order valence-electron chi connectivity index (χ3n) is 3.88. The van der Waals surface area contributed by atoms with E-state index in [1.165, 1.54) is 0 Å². The van der Waals surface area contributed by atoms with Crippen molar-refractivity contribution in [1.29, 1.82) is 0 Å². The molecule has 0 radical (unpaired) electrons. The Labute approximate surface area is 162 Å². The van der Waals surface area contributed by atoms with Gasteiger partial charge in [-0.15, -0.1) is 11.3 Å². The average Bonchev–Trinajstić information content (AvgIpc) is 3.03. The van der Waals surface area contributed by atoms with Crippen molar-refractivity contribution in [3.63, 3.8) is 0 Å². The van der Waals surface area contributed by atoms with E-state index < -0.39 is 0 Å². The third kappa shape index (κ3) is 4.62. The van der Waals surface area contributed by atoms with Crippen molar-refractivity contribution in [3.05, 3.63) is 59.1 Å². The number of aromatic nitrogens is 1. The summed E-state index contributed by atoms with van der Waals surface area (Å²) < 4.78 is 1.10. The average molecular weight is 382 g/mol. The third-order valence-corrected chi connectivity index (χ3v) is 4.90. The summed E-state index contributed by atoms with van der Waals surface area (Å²) in [6.45, 7) is 4.16. The molecule has 3 amide bonds. The quantitative estimate of drug-likeness (QED) is 0.698. The van der Waals surface area contributed by atoms with E-state index in [1.54, 1.807) is 47.5 Å². The molecule has 0 aliphatic heterocycles. The van der Waals surface area contributed by atoms with Gasteiger partial charge in [0.2, 0.25) is 0 Å². The van der Waals surface area contributed by atoms with Crippen molar-refractivity contribution in [3.8, 4) is 0 Å². The fourth-order valence-electron chi connectivity index (χ4n) is 2.67. The van der Waals surface area contributed by atoms with Crippen LogP contribution in [0, 0.1) is 0 Å². The van der Waals surface area contributed by atoms with Gasteiger partial charge in [-0.2, -0.15) is 0 Å². The Morgan fingerprint density at radius 2 is 1.81 bits per heavy atom. The molecule has 0 bridgehead atoms. The first-order valence-corrected chi connectivity index (χ1v) is 9.52. The number of hydrogen-bond donors (Lipinski definition) is 2. The molecule has 0 saturated heterocycles. The molecule has 2 aromatic carbocycles. The molecule has 0 atom stereocenters. The summed E-state index contributed by atoms with van der Waals surface area (Å²) in [5, 5.41) is 6.38. The van der Waals surface area contributed by atoms with Crippen LogP contribution in [0.5, 0.6) is 0 Å². The molecular weight excluding hydrogens is 360 g/mol. The number of nitrogens with zero attached hydrogens (tertiary/aromatic N) is 2. The normalized spacial score (nSPS) is 10.8. The zero-order valence-corrected chi connectivity index (χ0v) is 16.3. The summed E-state index contributed by atoms with van der Waals surface area (Å²) in [5.41, 5.74) is 1.86. The van der Waals surface area contributed by atoms with E-state index in [0.717, 1.165) is 15.2 Å². The smallest absolute Gasteiger partial charge is 0.319 e. The van der Waals surface area contributed by atoms with Crippen molar-refractivity contribution in [2.45, 2.75) is 26.4 Å². The number of thiazole rings is 1. The van der Waals surface area contributed by atoms with Crippen LogP contribution in [0.1, 0.15) is 29.2 Å². The molecule has 27 heavy (non-hydrogen) atoms. The fourth-order valence-corrected chi connectivity index (χ4v) is 3.69. The Morgan fingerprint density at radius 3 is 2.56 bits per heavy atom. The van der Waals surface area contributed by atoms with E-state index in [-0.39, 0.29) is 18.0 Å². The number of amides is 3. The molecule has 0 fully saturated rings. The van der Waals surface area contributed by atoms with Crippen molar-refractivity contribution < 1.29 is 9.59 Å². The standard InChI is InChI=1S/C20H22N4O2S/c1-13(2)21-20(26)23-15-9-5-4-8-14(15)19(25)24(3)12-18-22-16-10-6-7-11-17(16)27-18/h4-11,13H,12H2,1-3H3,(H2,21,23,26). The highest BCUT2D eigenvalue weighted by atomic mass is 32.1. The maximum Gasteiger partial charge on any atom is 0.319 e. The highest BCUT2D eigenvalue weighted by Gasteiger charge is 2.18. The predicted octanol–water partition coefficient (Wildman–Crippen LogP) is 4.10. The topological polar surface area (TPSA) is 74.3 Å². The van der Waals surface area contributed by atoms with Crippen LogP contribution in [0.25, 0.3) is 10.2 Å². The minimum absolute atomic E-state index is 0.00886. The van der Waals surface area contributed by atoms with Crippen LogP contribution in [-0.2, 0) is 6.54 Å². The van der Waals surface area contributed by atoms with Gasteiger partial charge in [0.05, 0.1) is 28.0 Å². The first-order valence-electron chi connectivity index (χ1n) is 8.70. The first-order chi connectivity index (χ1) is 12.9. The molecule has 1 aromatic heterocycles. The number of urea groups is 1. The summed E-state index contributed by atoms with van der Waals surface area (Å²) in [7, 11) is 1.74. The molecule has 6 nitrogen and oxygen atoms in total. The van der Waals surface area contributed by atoms with Crippen molar-refractivity contribution >= 4 is 39.2 Å². The summed E-state index contributed by atoms with van der Waals surface area (Å²) in [5.74, 6) is -0.172. The van der Waals surface area contributed by atoms with Gasteiger partial charge in [-0.3, -0.25) is 4.79 Å². The Bertz CT molecular complexity index is 934. The number of fused-ring (bicyclic) bond motifs is 1. The number of carbonyl (C=O) groups is 2. The van der Waals surface area contributed by atoms with E-state index in [2.05, 4.69) is 15.6 Å². The Hall–Kier alpha value is -2.93. The van der Waals surface area contributed by atoms with Gasteiger partial charge in [-0.05, 0) is 38.1 Å². The summed E-state index contributed by atoms with van der Waals surface area (Å²) in [4.78, 5) is 31.1. The zero-order chi connectivity index (χ0) is 19.4. The lowest BCUT2D eigenvalue weighted by Gasteiger charge is -2.18. The van der Waals surface area contributed by atoms with Crippen molar-refractivity contribution in [2.75, 3.05) is 12.4 Å². The monoisotopic (exact) mass is 382 g/mol. The van der Waals surface area contributed by atoms with E-state index in [0.29, 0.717) is 17.8 Å². The van der Waals surface area contributed by atoms with Crippen LogP contribution in [0.15, 0.2) is 48.5 Å². The molecule has 2 N–H and O–H groups in total. The Kier molecular flexibility index (Phi) is 5.71. The molecule has 3 rings (SSSR count). The highest BCUT2D eigenvalue weighted by molar-refractivity contribution is 7.18. The maximum absolute atomic E-state index is 12.9. The summed E-state index contributed by atoms with van der Waals surface area (Å²) >= 11 is 1.58. The van der Waals surface area contributed by atoms with Crippen molar-refractivity contribution in [2.24, 2.45) is 0 Å². The SMILES string of the molecule is CC(C)NC(=O)Nc1ccccc1C(=O)N(C)Cc1nc2ccccc2s1. The van der Waals surface area contributed by atoms with Gasteiger partial charge >= 0.3 is 6.03 Å². The predicted molar refractivity (Wildman–Crippen MR) is 109 cm³/mol. The van der Waals surface area contributed by atoms with Gasteiger partial charge in [0, 0.05) is 13.1 Å². The molecule has 1 heterocycles. The lowest BCUT2D eigenvalue weighted by atomic mass is 10.1. The van der Waals surface area contributed by atoms with E-state index in [1.807, 2.05) is 38.1 Å². The van der Waals surface area contributed by atoms with Gasteiger partial charge < -0.3 is 15.5 Å². The molecule has 0 aliphatic rings. The van der Waals surface area contributed by atoms with Crippen LogP contribution < -0.4 is 10.6 Å². The van der Waals surface area contributed by atoms with E-state index in [9.17, 15) is 9.59 Å². The summed E-state index contributed by atoms with van der Waals surface area (Å²) in [6, 6.07) is 14.6. The van der Waals surface area contributed by atoms with Gasteiger partial charge in [0.1, 0.15) is 5.01 Å². The second-order valence-corrected chi connectivity index (χ2v) is 7.65. The number of para-hydroxylation sites is 2. The molecule has 7 heteroatoms. The number of benzene rings is 2. The number of hydrogen-bond acceptors (Lipinski definition) is 4. The lowest BCUT2D eigenvalue weighted by Crippen LogP contribution is -2.35. The van der Waals surface area contributed by atoms with Gasteiger partial charge in [-0.1, -0.05) is 24.3 Å². The molecule has 3 aromatic rings. The van der Waals surface area contributed by atoms with Crippen LogP contribution in [0.3, 0.4) is 0 Å². The zero-order valence-electron chi connectivity index (χ0n) is 15.5. The number of nitrogens with one attached hydrogen (secondary N) is 2. The molecule has 0 spiro atoms. The van der Waals surface area contributed by atoms with Gasteiger partial charge in [0.15, 0.2) is 0 Å². The minimum atomic E-state index is -0.334. The Morgan fingerprint density at radius 1 is 1.11 bits per heavy atom. The Balaban J connectivity index is 1.75. The molecular formula is C20H22N4O2S. The van der Waals surface area contributed by atoms with Crippen molar-refractivity contribution in [1.82, 2.24) is 15.2 Å². The molecule has 0 unspecified atom stereocenters. The molecule has 0 aliphatic carbocycles. The van der Waals surface area contributed by atoms with E-state index in [4.69, 9.17) is 0 Å². The summed E-state index contributed by atoms with van der Waals surface area (Å²) in [6.07, 6.45) is 0. The van der Waals surface area contributed by atoms with Crippen LogP contribution in [0.4, 0.5) is 10.5 Å². The highest BCUT2D eigenvalue weighted by Crippen LogP contribution is 2.23. The molecule has 140 valence electrons. The maximum atomic E-state index is 12.9. The number of anilines is 1. The number of carbonyl (C=O) groups excluding carboxylic acids is 2. The fraction of sp³-hybridized carbons (Fsp3) is 0.250. The van der Waals surface area contributed by atoms with Crippen LogP contribution in [-0.4, -0.2) is 34.9 Å². The largest absolute Gasteiger partial charge is 0.336 e. The minimum Gasteiger partial charge on any atom is -0.336 e. The van der Waals surface area contributed by atoms with Crippen LogP contribution >= 0.6 is 11.3 Å². The second-order valence-electron chi connectivity index (χ2n) is 6.54. The van der Waals surface area contributed by atoms with Gasteiger partial charge in [0.25, 0.3) is 5.91 Å². The first kappa shape index (κ1) is 18.8. The number of rotatable bonds is 5. The van der Waals surface area contributed by atoms with E-state index >= 15 is 0 Å². The van der Waals surface area contributed by atoms with Gasteiger partial charge in [-0.25, -0.2) is 9.78 Å². The molecule has 0 saturated carbocycles. The van der Waals surface area contributed by atoms with Crippen LogP contribution in [0.2, 0.25) is 0 Å². The second kappa shape index (κ2) is 8.18.